The van der Waals surface area contributed by atoms with Crippen LogP contribution in [0.3, 0.4) is 0 Å². The normalized spacial score (nSPS) is 16.9. The first-order valence-electron chi connectivity index (χ1n) is 9.17. The Labute approximate surface area is 157 Å². The van der Waals surface area contributed by atoms with Crippen molar-refractivity contribution in [3.8, 4) is 11.4 Å². The summed E-state index contributed by atoms with van der Waals surface area (Å²) in [6.07, 6.45) is 7.00. The lowest BCUT2D eigenvalue weighted by Crippen LogP contribution is -2.39. The highest BCUT2D eigenvalue weighted by Crippen LogP contribution is 2.27. The van der Waals surface area contributed by atoms with Gasteiger partial charge < -0.3 is 9.88 Å². The van der Waals surface area contributed by atoms with Crippen LogP contribution in [-0.2, 0) is 11.8 Å². The van der Waals surface area contributed by atoms with Crippen LogP contribution in [0.15, 0.2) is 29.4 Å². The molecule has 1 N–H and O–H groups in total. The van der Waals surface area contributed by atoms with Gasteiger partial charge in [0, 0.05) is 13.1 Å². The minimum atomic E-state index is -0.335. The van der Waals surface area contributed by atoms with Crippen molar-refractivity contribution in [3.05, 3.63) is 30.1 Å². The lowest BCUT2D eigenvalue weighted by molar-refractivity contribution is -0.121. The van der Waals surface area contributed by atoms with Gasteiger partial charge in [0.2, 0.25) is 5.91 Å². The summed E-state index contributed by atoms with van der Waals surface area (Å²) in [4.78, 5) is 12.5. The van der Waals surface area contributed by atoms with Crippen LogP contribution in [0.2, 0.25) is 0 Å². The number of thioether (sulfide) groups is 1. The summed E-state index contributed by atoms with van der Waals surface area (Å²) >= 11 is 1.35. The lowest BCUT2D eigenvalue weighted by atomic mass is 10.1. The fraction of sp³-hybridized carbons (Fsp3) is 0.526. The standard InChI is InChI=1S/C19H25FN4OS/c1-13(18(25)21-14-9-5-3-4-6-10-14)26-19-23-22-17(24(19)2)15-11-7-8-12-16(15)20/h7-8,11-14H,3-6,9-10H2,1-2H3,(H,21,25)/t13-/m0/s1. The van der Waals surface area contributed by atoms with E-state index in [9.17, 15) is 9.18 Å². The van der Waals surface area contributed by atoms with Crippen LogP contribution in [0.25, 0.3) is 11.4 Å². The molecule has 1 amide bonds. The van der Waals surface area contributed by atoms with Crippen molar-refractivity contribution in [2.24, 2.45) is 7.05 Å². The van der Waals surface area contributed by atoms with E-state index in [0.29, 0.717) is 16.5 Å². The largest absolute Gasteiger partial charge is 0.352 e. The maximum absolute atomic E-state index is 14.0. The number of nitrogens with zero attached hydrogens (tertiary/aromatic N) is 3. The molecule has 1 heterocycles. The molecular weight excluding hydrogens is 351 g/mol. The Morgan fingerprint density at radius 3 is 2.62 bits per heavy atom. The molecule has 0 saturated heterocycles. The van der Waals surface area contributed by atoms with Gasteiger partial charge in [-0.2, -0.15) is 0 Å². The third-order valence-electron chi connectivity index (χ3n) is 4.80. The van der Waals surface area contributed by atoms with E-state index in [-0.39, 0.29) is 23.0 Å². The smallest absolute Gasteiger partial charge is 0.233 e. The molecule has 5 nitrogen and oxygen atoms in total. The molecule has 1 aliphatic carbocycles. The molecule has 1 aliphatic rings. The van der Waals surface area contributed by atoms with Gasteiger partial charge >= 0.3 is 0 Å². The first kappa shape index (κ1) is 18.9. The third-order valence-corrected chi connectivity index (χ3v) is 5.94. The number of benzene rings is 1. The van der Waals surface area contributed by atoms with E-state index in [0.717, 1.165) is 12.8 Å². The molecule has 26 heavy (non-hydrogen) atoms. The van der Waals surface area contributed by atoms with Crippen molar-refractivity contribution >= 4 is 17.7 Å². The minimum absolute atomic E-state index is 0.0253. The highest BCUT2D eigenvalue weighted by Gasteiger charge is 2.22. The molecule has 0 bridgehead atoms. The predicted molar refractivity (Wildman–Crippen MR) is 101 cm³/mol. The number of halogens is 1. The van der Waals surface area contributed by atoms with E-state index in [1.807, 2.05) is 6.92 Å². The summed E-state index contributed by atoms with van der Waals surface area (Å²) in [6, 6.07) is 6.77. The summed E-state index contributed by atoms with van der Waals surface area (Å²) < 4.78 is 15.7. The number of nitrogens with one attached hydrogen (secondary N) is 1. The number of amides is 1. The Balaban J connectivity index is 1.65. The number of hydrogen-bond acceptors (Lipinski definition) is 4. The maximum atomic E-state index is 14.0. The van der Waals surface area contributed by atoms with E-state index < -0.39 is 0 Å². The molecule has 1 aromatic heterocycles. The summed E-state index contributed by atoms with van der Waals surface area (Å²) in [7, 11) is 1.79. The minimum Gasteiger partial charge on any atom is -0.352 e. The molecule has 7 heteroatoms. The van der Waals surface area contributed by atoms with Gasteiger partial charge in [0.25, 0.3) is 0 Å². The van der Waals surface area contributed by atoms with Crippen LogP contribution < -0.4 is 5.32 Å². The molecule has 1 aromatic carbocycles. The van der Waals surface area contributed by atoms with Crippen LogP contribution in [0.5, 0.6) is 0 Å². The van der Waals surface area contributed by atoms with Gasteiger partial charge in [-0.1, -0.05) is 49.6 Å². The zero-order chi connectivity index (χ0) is 18.5. The van der Waals surface area contributed by atoms with Crippen molar-refractivity contribution in [1.29, 1.82) is 0 Å². The van der Waals surface area contributed by atoms with Gasteiger partial charge in [0.1, 0.15) is 5.82 Å². The van der Waals surface area contributed by atoms with Crippen molar-refractivity contribution in [2.75, 3.05) is 0 Å². The summed E-state index contributed by atoms with van der Waals surface area (Å²) in [5.41, 5.74) is 0.407. The van der Waals surface area contributed by atoms with Gasteiger partial charge in [-0.3, -0.25) is 4.79 Å². The molecular formula is C19H25FN4OS. The SMILES string of the molecule is C[C@H](Sc1nnc(-c2ccccc2F)n1C)C(=O)NC1CCCCCC1. The number of carbonyl (C=O) groups is 1. The molecule has 2 aromatic rings. The second-order valence-electron chi connectivity index (χ2n) is 6.80. The molecule has 3 rings (SSSR count). The van der Waals surface area contributed by atoms with Gasteiger partial charge in [-0.05, 0) is 31.9 Å². The molecule has 1 atom stereocenters. The summed E-state index contributed by atoms with van der Waals surface area (Å²) in [5.74, 6) is 0.151. The van der Waals surface area contributed by atoms with E-state index in [1.165, 1.54) is 43.5 Å². The third kappa shape index (κ3) is 4.44. The quantitative estimate of drug-likeness (QED) is 0.634. The van der Waals surface area contributed by atoms with Crippen LogP contribution in [0.4, 0.5) is 4.39 Å². The predicted octanol–water partition coefficient (Wildman–Crippen LogP) is 3.94. The van der Waals surface area contributed by atoms with Crippen LogP contribution in [0, 0.1) is 5.82 Å². The van der Waals surface area contributed by atoms with Crippen molar-refractivity contribution in [1.82, 2.24) is 20.1 Å². The molecule has 1 fully saturated rings. The topological polar surface area (TPSA) is 59.8 Å². The summed E-state index contributed by atoms with van der Waals surface area (Å²) in [6.45, 7) is 1.87. The Hall–Kier alpha value is -1.89. The molecule has 1 saturated carbocycles. The Morgan fingerprint density at radius 1 is 1.23 bits per heavy atom. The average Bonchev–Trinajstić information content (AvgIpc) is 2.83. The van der Waals surface area contributed by atoms with Crippen molar-refractivity contribution in [2.45, 2.75) is 61.9 Å². The van der Waals surface area contributed by atoms with E-state index in [4.69, 9.17) is 0 Å². The first-order chi connectivity index (χ1) is 12.6. The molecule has 0 aliphatic heterocycles. The fourth-order valence-electron chi connectivity index (χ4n) is 3.25. The van der Waals surface area contributed by atoms with Gasteiger partial charge in [-0.25, -0.2) is 4.39 Å². The number of aromatic nitrogens is 3. The van der Waals surface area contributed by atoms with Crippen molar-refractivity contribution < 1.29 is 9.18 Å². The van der Waals surface area contributed by atoms with Gasteiger partial charge in [0.05, 0.1) is 10.8 Å². The number of hydrogen-bond donors (Lipinski definition) is 1. The summed E-state index contributed by atoms with van der Waals surface area (Å²) in [5, 5.41) is 11.7. The van der Waals surface area contributed by atoms with Gasteiger partial charge in [0.15, 0.2) is 11.0 Å². The van der Waals surface area contributed by atoms with Crippen LogP contribution in [0.1, 0.15) is 45.4 Å². The van der Waals surface area contributed by atoms with Crippen molar-refractivity contribution in [3.63, 3.8) is 0 Å². The monoisotopic (exact) mass is 376 g/mol. The number of rotatable bonds is 5. The van der Waals surface area contributed by atoms with E-state index >= 15 is 0 Å². The fourth-order valence-corrected chi connectivity index (χ4v) is 4.07. The highest BCUT2D eigenvalue weighted by molar-refractivity contribution is 8.00. The Kier molecular flexibility index (Phi) is 6.29. The molecule has 0 radical (unpaired) electrons. The Bertz CT molecular complexity index is 756. The lowest BCUT2D eigenvalue weighted by Gasteiger charge is -2.19. The van der Waals surface area contributed by atoms with Crippen LogP contribution >= 0.6 is 11.8 Å². The zero-order valence-electron chi connectivity index (χ0n) is 15.2. The Morgan fingerprint density at radius 2 is 1.92 bits per heavy atom. The second-order valence-corrected chi connectivity index (χ2v) is 8.11. The zero-order valence-corrected chi connectivity index (χ0v) is 16.1. The van der Waals surface area contributed by atoms with E-state index in [1.54, 1.807) is 29.8 Å². The van der Waals surface area contributed by atoms with E-state index in [2.05, 4.69) is 15.5 Å². The molecule has 0 spiro atoms. The maximum Gasteiger partial charge on any atom is 0.233 e. The molecule has 140 valence electrons. The second kappa shape index (κ2) is 8.66. The van der Waals surface area contributed by atoms with Gasteiger partial charge in [-0.15, -0.1) is 10.2 Å². The van der Waals surface area contributed by atoms with Crippen LogP contribution in [-0.4, -0.2) is 32.0 Å². The first-order valence-corrected chi connectivity index (χ1v) is 10.1. The molecule has 0 unspecified atom stereocenters. The number of carbonyl (C=O) groups excluding carboxylic acids is 1. The highest BCUT2D eigenvalue weighted by atomic mass is 32.2. The average molecular weight is 377 g/mol.